The number of amides is 1. The number of carboxylic acids is 1. The van der Waals surface area contributed by atoms with Gasteiger partial charge in [0.2, 0.25) is 5.91 Å². The van der Waals surface area contributed by atoms with Crippen LogP contribution in [0.3, 0.4) is 0 Å². The summed E-state index contributed by atoms with van der Waals surface area (Å²) < 4.78 is 5.67. The Bertz CT molecular complexity index is 400. The van der Waals surface area contributed by atoms with Crippen LogP contribution >= 0.6 is 0 Å². The van der Waals surface area contributed by atoms with Crippen LogP contribution in [-0.4, -0.2) is 52.7 Å². The van der Waals surface area contributed by atoms with Crippen LogP contribution in [0.2, 0.25) is 0 Å². The van der Waals surface area contributed by atoms with Gasteiger partial charge < -0.3 is 20.5 Å². The first-order valence-corrected chi connectivity index (χ1v) is 6.73. The van der Waals surface area contributed by atoms with Crippen molar-refractivity contribution in [3.63, 3.8) is 0 Å². The van der Waals surface area contributed by atoms with Crippen LogP contribution in [0.4, 0.5) is 0 Å². The normalized spacial score (nSPS) is 42.6. The molecule has 0 radical (unpaired) electrons. The van der Waals surface area contributed by atoms with Crippen molar-refractivity contribution < 1.29 is 19.4 Å². The fourth-order valence-corrected chi connectivity index (χ4v) is 3.10. The molecule has 2 rings (SSSR count). The highest BCUT2D eigenvalue weighted by atomic mass is 16.5. The summed E-state index contributed by atoms with van der Waals surface area (Å²) in [5.41, 5.74) is 4.50. The van der Waals surface area contributed by atoms with Crippen molar-refractivity contribution in [2.45, 2.75) is 44.9 Å². The van der Waals surface area contributed by atoms with Gasteiger partial charge in [0.25, 0.3) is 0 Å². The molecule has 5 atom stereocenters. The van der Waals surface area contributed by atoms with Crippen LogP contribution in [0.1, 0.15) is 27.2 Å². The summed E-state index contributed by atoms with van der Waals surface area (Å²) in [6.07, 6.45) is 0.226. The van der Waals surface area contributed by atoms with E-state index in [-0.39, 0.29) is 36.5 Å². The van der Waals surface area contributed by atoms with Crippen molar-refractivity contribution in [1.82, 2.24) is 4.90 Å². The third kappa shape index (κ3) is 2.34. The number of aliphatic carboxylic acids is 1. The molecule has 0 bridgehead atoms. The van der Waals surface area contributed by atoms with E-state index in [9.17, 15) is 9.59 Å². The van der Waals surface area contributed by atoms with Crippen molar-refractivity contribution in [2.24, 2.45) is 17.6 Å². The van der Waals surface area contributed by atoms with Crippen LogP contribution in [0.15, 0.2) is 0 Å². The molecule has 1 amide bonds. The average molecular weight is 270 g/mol. The lowest BCUT2D eigenvalue weighted by molar-refractivity contribution is -0.143. The Morgan fingerprint density at radius 2 is 1.95 bits per heavy atom. The van der Waals surface area contributed by atoms with Crippen LogP contribution in [-0.2, 0) is 14.3 Å². The molecular weight excluding hydrogens is 248 g/mol. The van der Waals surface area contributed by atoms with Gasteiger partial charge in [-0.1, -0.05) is 6.92 Å². The zero-order valence-corrected chi connectivity index (χ0v) is 11.6. The lowest BCUT2D eigenvalue weighted by Gasteiger charge is -2.26. The molecule has 19 heavy (non-hydrogen) atoms. The van der Waals surface area contributed by atoms with E-state index in [1.807, 2.05) is 20.8 Å². The molecular formula is C13H22N2O4. The summed E-state index contributed by atoms with van der Waals surface area (Å²) in [7, 11) is 0. The number of likely N-dealkylation sites (tertiary alicyclic amines) is 1. The summed E-state index contributed by atoms with van der Waals surface area (Å²) in [6.45, 7) is 6.35. The quantitative estimate of drug-likeness (QED) is 0.740. The highest BCUT2D eigenvalue weighted by Crippen LogP contribution is 2.34. The number of carbonyl (C=O) groups excluding carboxylic acids is 1. The molecule has 6 nitrogen and oxygen atoms in total. The first-order chi connectivity index (χ1) is 8.76. The third-order valence-corrected chi connectivity index (χ3v) is 4.57. The van der Waals surface area contributed by atoms with Crippen LogP contribution in [0, 0.1) is 11.8 Å². The Balaban J connectivity index is 2.08. The van der Waals surface area contributed by atoms with E-state index >= 15 is 0 Å². The molecule has 2 fully saturated rings. The zero-order chi connectivity index (χ0) is 14.4. The summed E-state index contributed by atoms with van der Waals surface area (Å²) in [5, 5.41) is 9.10. The molecule has 3 N–H and O–H groups in total. The lowest BCUT2D eigenvalue weighted by Crippen LogP contribution is -2.51. The molecule has 2 aliphatic rings. The van der Waals surface area contributed by atoms with Crippen molar-refractivity contribution in [2.75, 3.05) is 13.1 Å². The number of carbonyl (C=O) groups is 2. The van der Waals surface area contributed by atoms with E-state index in [0.29, 0.717) is 13.0 Å². The minimum Gasteiger partial charge on any atom is -0.480 e. The van der Waals surface area contributed by atoms with Gasteiger partial charge in [0.1, 0.15) is 5.54 Å². The lowest BCUT2D eigenvalue weighted by atomic mass is 9.88. The SMILES string of the molecule is CC1OC(C)C(C(=O)N2CCC(N)(C(=O)O)C2)C1C. The first kappa shape index (κ1) is 14.3. The van der Waals surface area contributed by atoms with E-state index < -0.39 is 11.5 Å². The van der Waals surface area contributed by atoms with Gasteiger partial charge in [-0.25, -0.2) is 0 Å². The molecule has 5 unspecified atom stereocenters. The summed E-state index contributed by atoms with van der Waals surface area (Å²) in [4.78, 5) is 25.2. The minimum absolute atomic E-state index is 0.0297. The van der Waals surface area contributed by atoms with Gasteiger partial charge in [-0.05, 0) is 26.2 Å². The topological polar surface area (TPSA) is 92.9 Å². The molecule has 2 heterocycles. The monoisotopic (exact) mass is 270 g/mol. The zero-order valence-electron chi connectivity index (χ0n) is 11.6. The number of hydrogen-bond donors (Lipinski definition) is 2. The number of hydrogen-bond acceptors (Lipinski definition) is 4. The van der Waals surface area contributed by atoms with E-state index in [1.54, 1.807) is 4.90 Å². The molecule has 0 aromatic rings. The van der Waals surface area contributed by atoms with E-state index in [1.165, 1.54) is 0 Å². The maximum Gasteiger partial charge on any atom is 0.325 e. The number of ether oxygens (including phenoxy) is 1. The van der Waals surface area contributed by atoms with E-state index in [2.05, 4.69) is 0 Å². The Kier molecular flexibility index (Phi) is 3.57. The Hall–Kier alpha value is -1.14. The number of nitrogens with zero attached hydrogens (tertiary/aromatic N) is 1. The van der Waals surface area contributed by atoms with Gasteiger partial charge in [0.05, 0.1) is 18.1 Å². The Morgan fingerprint density at radius 1 is 1.32 bits per heavy atom. The molecule has 6 heteroatoms. The smallest absolute Gasteiger partial charge is 0.325 e. The molecule has 2 saturated heterocycles. The van der Waals surface area contributed by atoms with Crippen molar-refractivity contribution in [3.05, 3.63) is 0 Å². The van der Waals surface area contributed by atoms with Crippen molar-refractivity contribution in [3.8, 4) is 0 Å². The fourth-order valence-electron chi connectivity index (χ4n) is 3.10. The maximum atomic E-state index is 12.5. The number of carboxylic acid groups (broad SMARTS) is 1. The van der Waals surface area contributed by atoms with Gasteiger partial charge in [-0.15, -0.1) is 0 Å². The third-order valence-electron chi connectivity index (χ3n) is 4.57. The summed E-state index contributed by atoms with van der Waals surface area (Å²) in [5.74, 6) is -1.14. The maximum absolute atomic E-state index is 12.5. The van der Waals surface area contributed by atoms with Gasteiger partial charge in [0.15, 0.2) is 0 Å². The fraction of sp³-hybridized carbons (Fsp3) is 0.846. The number of nitrogens with two attached hydrogens (primary N) is 1. The summed E-state index contributed by atoms with van der Waals surface area (Å²) in [6, 6.07) is 0. The molecule has 0 saturated carbocycles. The largest absolute Gasteiger partial charge is 0.480 e. The minimum atomic E-state index is -1.30. The molecule has 108 valence electrons. The van der Waals surface area contributed by atoms with Crippen LogP contribution < -0.4 is 5.73 Å². The Morgan fingerprint density at radius 3 is 2.37 bits per heavy atom. The Labute approximate surface area is 112 Å². The molecule has 0 aliphatic carbocycles. The average Bonchev–Trinajstić information content (AvgIpc) is 2.83. The van der Waals surface area contributed by atoms with E-state index in [4.69, 9.17) is 15.6 Å². The standard InChI is InChI=1S/C13H22N2O4/c1-7-8(2)19-9(3)10(7)11(16)15-5-4-13(14,6-15)12(17)18/h7-10H,4-6,14H2,1-3H3,(H,17,18). The van der Waals surface area contributed by atoms with Gasteiger partial charge in [-0.2, -0.15) is 0 Å². The molecule has 0 spiro atoms. The first-order valence-electron chi connectivity index (χ1n) is 6.73. The predicted molar refractivity (Wildman–Crippen MR) is 68.4 cm³/mol. The highest BCUT2D eigenvalue weighted by Gasteiger charge is 2.48. The van der Waals surface area contributed by atoms with Gasteiger partial charge >= 0.3 is 5.97 Å². The van der Waals surface area contributed by atoms with Crippen molar-refractivity contribution in [1.29, 1.82) is 0 Å². The second-order valence-corrected chi connectivity index (χ2v) is 5.90. The molecule has 0 aromatic heterocycles. The van der Waals surface area contributed by atoms with Crippen LogP contribution in [0.25, 0.3) is 0 Å². The highest BCUT2D eigenvalue weighted by molar-refractivity contribution is 5.84. The molecule has 0 aromatic carbocycles. The van der Waals surface area contributed by atoms with Gasteiger partial charge in [-0.3, -0.25) is 9.59 Å². The van der Waals surface area contributed by atoms with Crippen molar-refractivity contribution >= 4 is 11.9 Å². The van der Waals surface area contributed by atoms with Gasteiger partial charge in [0, 0.05) is 13.1 Å². The summed E-state index contributed by atoms with van der Waals surface area (Å²) >= 11 is 0. The van der Waals surface area contributed by atoms with E-state index in [0.717, 1.165) is 0 Å². The second kappa shape index (κ2) is 4.76. The van der Waals surface area contributed by atoms with Crippen LogP contribution in [0.5, 0.6) is 0 Å². The predicted octanol–water partition coefficient (Wildman–Crippen LogP) is 0.0603. The molecule has 2 aliphatic heterocycles. The second-order valence-electron chi connectivity index (χ2n) is 5.90. The number of rotatable bonds is 2.